The van der Waals surface area contributed by atoms with E-state index >= 15 is 0 Å². The number of anilines is 2. The fourth-order valence-electron chi connectivity index (χ4n) is 3.47. The Kier molecular flexibility index (Phi) is 7.69. The van der Waals surface area contributed by atoms with Gasteiger partial charge in [0.1, 0.15) is 10.3 Å². The molecule has 2 heterocycles. The number of hydrogen-bond acceptors (Lipinski definition) is 8. The highest BCUT2D eigenvalue weighted by atomic mass is 32.2. The fraction of sp³-hybridized carbons (Fsp3) is 0.650. The Morgan fingerprint density at radius 2 is 2.00 bits per heavy atom. The predicted molar refractivity (Wildman–Crippen MR) is 120 cm³/mol. The largest absolute Gasteiger partial charge is 0.421 e. The highest BCUT2D eigenvalue weighted by Gasteiger charge is 2.51. The van der Waals surface area contributed by atoms with Crippen molar-refractivity contribution in [2.45, 2.75) is 43.2 Å². The lowest BCUT2D eigenvalue weighted by Crippen LogP contribution is -2.45. The zero-order valence-electron chi connectivity index (χ0n) is 18.3. The summed E-state index contributed by atoms with van der Waals surface area (Å²) in [5.74, 6) is -1.14. The van der Waals surface area contributed by atoms with Crippen molar-refractivity contribution < 1.29 is 18.0 Å². The molecule has 3 rings (SSSR count). The van der Waals surface area contributed by atoms with Gasteiger partial charge in [-0.1, -0.05) is 24.1 Å². The summed E-state index contributed by atoms with van der Waals surface area (Å²) in [7, 11) is 2.09. The Labute approximate surface area is 190 Å². The summed E-state index contributed by atoms with van der Waals surface area (Å²) in [4.78, 5) is 24.9. The van der Waals surface area contributed by atoms with Crippen molar-refractivity contribution in [3.63, 3.8) is 0 Å². The number of nitrogens with one attached hydrogen (secondary N) is 2. The van der Waals surface area contributed by atoms with Crippen LogP contribution < -0.4 is 15.8 Å². The molecule has 1 aliphatic heterocycles. The van der Waals surface area contributed by atoms with Crippen LogP contribution in [0, 0.1) is 0 Å². The molecule has 2 aliphatic rings. The molecule has 4 N–H and O–H groups in total. The van der Waals surface area contributed by atoms with Crippen LogP contribution in [0.15, 0.2) is 18.3 Å². The molecule has 1 aliphatic carbocycles. The molecule has 0 radical (unpaired) electrons. The lowest BCUT2D eigenvalue weighted by molar-refractivity contribution is -0.137. The Balaban J connectivity index is 1.72. The summed E-state index contributed by atoms with van der Waals surface area (Å²) in [5, 5.41) is 10.9. The zero-order chi connectivity index (χ0) is 23.5. The molecule has 0 bridgehead atoms. The van der Waals surface area contributed by atoms with E-state index in [9.17, 15) is 18.0 Å². The molecule has 1 saturated carbocycles. The van der Waals surface area contributed by atoms with Crippen LogP contribution in [0.4, 0.5) is 24.9 Å². The van der Waals surface area contributed by atoms with Gasteiger partial charge in [0.2, 0.25) is 11.9 Å². The minimum Gasteiger partial charge on any atom is -0.348 e. The first kappa shape index (κ1) is 24.7. The van der Waals surface area contributed by atoms with E-state index in [1.165, 1.54) is 0 Å². The standard InChI is InChI=1S/C20H30F3N7OS/c1-13(2)15(4-7-30-10-8-29(3)9-11-30)26-18-25-12-14(20(21,22)23)16(28-18)27-17(31)19(32-24)5-6-19/h12,15H,1,4-11,24H2,2-3H3,(H2,25,26,27,28,31). The molecule has 1 amide bonds. The summed E-state index contributed by atoms with van der Waals surface area (Å²) < 4.78 is 39.5. The number of alkyl halides is 3. The number of piperazine rings is 1. The van der Waals surface area contributed by atoms with Gasteiger partial charge in [-0.15, -0.1) is 0 Å². The molecule has 0 spiro atoms. The Morgan fingerprint density at radius 3 is 2.53 bits per heavy atom. The van der Waals surface area contributed by atoms with Gasteiger partial charge in [-0.25, -0.2) is 4.98 Å². The Bertz CT molecular complexity index is 839. The minimum atomic E-state index is -4.71. The number of nitrogens with two attached hydrogens (primary N) is 1. The van der Waals surface area contributed by atoms with Gasteiger partial charge in [0.25, 0.3) is 0 Å². The van der Waals surface area contributed by atoms with Crippen molar-refractivity contribution in [1.82, 2.24) is 19.8 Å². The van der Waals surface area contributed by atoms with E-state index in [-0.39, 0.29) is 12.0 Å². The molecule has 8 nitrogen and oxygen atoms in total. The molecule has 178 valence electrons. The second-order valence-electron chi connectivity index (χ2n) is 8.50. The summed E-state index contributed by atoms with van der Waals surface area (Å²) in [6, 6.07) is -0.218. The summed E-state index contributed by atoms with van der Waals surface area (Å²) in [6.45, 7) is 10.6. The summed E-state index contributed by atoms with van der Waals surface area (Å²) in [6.07, 6.45) is -2.28. The highest BCUT2D eigenvalue weighted by Crippen LogP contribution is 2.47. The molecule has 1 atom stereocenters. The number of likely N-dealkylation sites (N-methyl/N-ethyl adjacent to an activating group) is 1. The zero-order valence-corrected chi connectivity index (χ0v) is 19.2. The van der Waals surface area contributed by atoms with Gasteiger partial charge in [-0.2, -0.15) is 18.2 Å². The molecule has 1 aromatic heterocycles. The number of rotatable bonds is 9. The van der Waals surface area contributed by atoms with Gasteiger partial charge >= 0.3 is 6.18 Å². The van der Waals surface area contributed by atoms with Gasteiger partial charge in [0.05, 0.1) is 6.04 Å². The van der Waals surface area contributed by atoms with E-state index in [1.807, 2.05) is 6.92 Å². The molecular formula is C20H30F3N7OS. The van der Waals surface area contributed by atoms with Gasteiger partial charge in [0.15, 0.2) is 5.82 Å². The Morgan fingerprint density at radius 1 is 1.34 bits per heavy atom. The molecule has 1 aromatic rings. The van der Waals surface area contributed by atoms with Crippen LogP contribution >= 0.6 is 11.9 Å². The fourth-order valence-corrected chi connectivity index (χ4v) is 3.96. The number of nitrogens with zero attached hydrogens (tertiary/aromatic N) is 4. The van der Waals surface area contributed by atoms with Gasteiger partial charge in [-0.3, -0.25) is 9.93 Å². The van der Waals surface area contributed by atoms with Gasteiger partial charge in [-0.05, 0) is 33.2 Å². The first-order valence-corrected chi connectivity index (χ1v) is 11.4. The van der Waals surface area contributed by atoms with Crippen molar-refractivity contribution in [2.75, 3.05) is 50.4 Å². The number of hydrogen-bond donors (Lipinski definition) is 3. The van der Waals surface area contributed by atoms with E-state index in [0.717, 1.165) is 50.2 Å². The average molecular weight is 474 g/mol. The maximum Gasteiger partial charge on any atom is 0.421 e. The van der Waals surface area contributed by atoms with E-state index in [2.05, 4.69) is 44.0 Å². The summed E-state index contributed by atoms with van der Waals surface area (Å²) in [5.41, 5.74) is -0.275. The lowest BCUT2D eigenvalue weighted by Gasteiger charge is -2.33. The molecule has 1 saturated heterocycles. The van der Waals surface area contributed by atoms with Crippen molar-refractivity contribution >= 4 is 29.6 Å². The van der Waals surface area contributed by atoms with Gasteiger partial charge < -0.3 is 20.4 Å². The highest BCUT2D eigenvalue weighted by molar-refractivity contribution is 7.99. The minimum absolute atomic E-state index is 0.00456. The van der Waals surface area contributed by atoms with Crippen LogP contribution in [-0.2, 0) is 11.0 Å². The molecular weight excluding hydrogens is 443 g/mol. The van der Waals surface area contributed by atoms with Crippen LogP contribution in [0.1, 0.15) is 31.7 Å². The number of carbonyl (C=O) groups is 1. The van der Waals surface area contributed by atoms with Crippen molar-refractivity contribution in [2.24, 2.45) is 5.14 Å². The first-order valence-electron chi connectivity index (χ1n) is 10.5. The van der Waals surface area contributed by atoms with Crippen LogP contribution in [0.2, 0.25) is 0 Å². The van der Waals surface area contributed by atoms with E-state index in [1.54, 1.807) is 0 Å². The maximum absolute atomic E-state index is 13.5. The van der Waals surface area contributed by atoms with Crippen molar-refractivity contribution in [1.29, 1.82) is 0 Å². The normalized spacial score (nSPS) is 19.9. The van der Waals surface area contributed by atoms with Crippen LogP contribution in [0.5, 0.6) is 0 Å². The SMILES string of the molecule is C=C(C)C(CCN1CCN(C)CC1)Nc1ncc(C(F)(F)F)c(NC(=O)C2(SN)CC2)n1. The number of carbonyl (C=O) groups excluding carboxylic acids is 1. The van der Waals surface area contributed by atoms with Crippen LogP contribution in [0.3, 0.4) is 0 Å². The van der Waals surface area contributed by atoms with Crippen LogP contribution in [-0.4, -0.2) is 76.2 Å². The number of halogens is 3. The van der Waals surface area contributed by atoms with E-state index in [4.69, 9.17) is 5.14 Å². The van der Waals surface area contributed by atoms with Gasteiger partial charge in [0, 0.05) is 38.9 Å². The Hall–Kier alpha value is -1.89. The van der Waals surface area contributed by atoms with Crippen molar-refractivity contribution in [3.05, 3.63) is 23.9 Å². The molecule has 1 unspecified atom stereocenters. The third-order valence-electron chi connectivity index (χ3n) is 5.90. The maximum atomic E-state index is 13.5. The topological polar surface area (TPSA) is 99.4 Å². The number of aromatic nitrogens is 2. The predicted octanol–water partition coefficient (Wildman–Crippen LogP) is 2.57. The molecule has 12 heteroatoms. The molecule has 32 heavy (non-hydrogen) atoms. The lowest BCUT2D eigenvalue weighted by atomic mass is 10.1. The monoisotopic (exact) mass is 473 g/mol. The summed E-state index contributed by atoms with van der Waals surface area (Å²) >= 11 is 0.846. The smallest absolute Gasteiger partial charge is 0.348 e. The quantitative estimate of drug-likeness (QED) is 0.372. The average Bonchev–Trinajstić information content (AvgIpc) is 3.53. The second-order valence-corrected chi connectivity index (χ2v) is 9.51. The third-order valence-corrected chi connectivity index (χ3v) is 6.94. The third kappa shape index (κ3) is 6.12. The second kappa shape index (κ2) is 9.94. The first-order chi connectivity index (χ1) is 15.0. The van der Waals surface area contributed by atoms with E-state index < -0.39 is 28.2 Å². The molecule has 0 aromatic carbocycles. The van der Waals surface area contributed by atoms with E-state index in [0.29, 0.717) is 25.5 Å². The van der Waals surface area contributed by atoms with Crippen LogP contribution in [0.25, 0.3) is 0 Å². The number of amides is 1. The van der Waals surface area contributed by atoms with Crippen molar-refractivity contribution in [3.8, 4) is 0 Å². The molecule has 2 fully saturated rings.